The first-order chi connectivity index (χ1) is 8.84. The summed E-state index contributed by atoms with van der Waals surface area (Å²) in [7, 11) is 0. The van der Waals surface area contributed by atoms with Crippen LogP contribution < -0.4 is 5.32 Å². The lowest BCUT2D eigenvalue weighted by Crippen LogP contribution is -2.35. The van der Waals surface area contributed by atoms with Crippen LogP contribution in [0.5, 0.6) is 0 Å². The molecule has 104 valence electrons. The molecule has 2 fully saturated rings. The maximum Gasteiger partial charge on any atom is 0.220 e. The van der Waals surface area contributed by atoms with Crippen molar-refractivity contribution in [1.82, 2.24) is 5.32 Å². The quantitative estimate of drug-likeness (QED) is 0.797. The molecule has 0 spiro atoms. The van der Waals surface area contributed by atoms with Crippen LogP contribution in [0.3, 0.4) is 0 Å². The van der Waals surface area contributed by atoms with E-state index < -0.39 is 0 Å². The van der Waals surface area contributed by atoms with Crippen molar-refractivity contribution in [2.24, 2.45) is 5.92 Å². The Kier molecular flexibility index (Phi) is 6.02. The molecule has 2 saturated carbocycles. The van der Waals surface area contributed by atoms with Gasteiger partial charge in [0.1, 0.15) is 0 Å². The van der Waals surface area contributed by atoms with Crippen molar-refractivity contribution in [1.29, 1.82) is 0 Å². The van der Waals surface area contributed by atoms with Crippen molar-refractivity contribution < 1.29 is 4.79 Å². The van der Waals surface area contributed by atoms with Gasteiger partial charge in [-0.15, -0.1) is 0 Å². The molecule has 0 aromatic rings. The van der Waals surface area contributed by atoms with Crippen molar-refractivity contribution in [2.75, 3.05) is 0 Å². The van der Waals surface area contributed by atoms with Gasteiger partial charge in [0.15, 0.2) is 0 Å². The van der Waals surface area contributed by atoms with Gasteiger partial charge in [-0.2, -0.15) is 0 Å². The number of carbonyl (C=O) groups excluding carboxylic acids is 1. The molecule has 2 aliphatic rings. The molecule has 0 atom stereocenters. The van der Waals surface area contributed by atoms with Crippen molar-refractivity contribution in [3.63, 3.8) is 0 Å². The first-order valence-corrected chi connectivity index (χ1v) is 8.14. The van der Waals surface area contributed by atoms with Crippen LogP contribution in [0.4, 0.5) is 0 Å². The highest BCUT2D eigenvalue weighted by Gasteiger charge is 2.18. The van der Waals surface area contributed by atoms with Gasteiger partial charge < -0.3 is 5.32 Å². The first-order valence-electron chi connectivity index (χ1n) is 8.14. The Bertz CT molecular complexity index is 237. The van der Waals surface area contributed by atoms with Crippen molar-refractivity contribution >= 4 is 5.91 Å². The second-order valence-electron chi connectivity index (χ2n) is 6.30. The molecule has 18 heavy (non-hydrogen) atoms. The van der Waals surface area contributed by atoms with Crippen LogP contribution in [-0.2, 0) is 4.79 Å². The third kappa shape index (κ3) is 4.99. The Morgan fingerprint density at radius 3 is 2.06 bits per heavy atom. The zero-order chi connectivity index (χ0) is 12.6. The molecule has 2 heteroatoms. The molecule has 2 rings (SSSR count). The number of hydrogen-bond acceptors (Lipinski definition) is 1. The van der Waals surface area contributed by atoms with E-state index in [2.05, 4.69) is 5.32 Å². The molecular weight excluding hydrogens is 222 g/mol. The van der Waals surface area contributed by atoms with Crippen LogP contribution in [-0.4, -0.2) is 11.9 Å². The van der Waals surface area contributed by atoms with Gasteiger partial charge in [0, 0.05) is 12.5 Å². The van der Waals surface area contributed by atoms with Crippen LogP contribution in [0.25, 0.3) is 0 Å². The zero-order valence-corrected chi connectivity index (χ0v) is 11.8. The van der Waals surface area contributed by atoms with E-state index in [1.807, 2.05) is 0 Å². The van der Waals surface area contributed by atoms with E-state index in [1.165, 1.54) is 70.6 Å². The average Bonchev–Trinajstić information content (AvgIpc) is 2.83. The fraction of sp³-hybridized carbons (Fsp3) is 0.938. The standard InChI is InChI=1S/C16H29NO/c18-16(13-12-14-8-6-7-9-14)17-15-10-4-2-1-3-5-11-15/h14-15H,1-13H2,(H,17,18). The van der Waals surface area contributed by atoms with Gasteiger partial charge in [-0.1, -0.05) is 57.8 Å². The minimum atomic E-state index is 0.312. The van der Waals surface area contributed by atoms with Gasteiger partial charge in [-0.3, -0.25) is 4.79 Å². The number of nitrogens with one attached hydrogen (secondary N) is 1. The molecule has 0 bridgehead atoms. The summed E-state index contributed by atoms with van der Waals surface area (Å²) in [5.41, 5.74) is 0. The van der Waals surface area contributed by atoms with E-state index in [0.717, 1.165) is 18.8 Å². The van der Waals surface area contributed by atoms with Gasteiger partial charge in [0.25, 0.3) is 0 Å². The topological polar surface area (TPSA) is 29.1 Å². The van der Waals surface area contributed by atoms with Crippen molar-refractivity contribution in [3.05, 3.63) is 0 Å². The second-order valence-corrected chi connectivity index (χ2v) is 6.30. The molecule has 0 unspecified atom stereocenters. The van der Waals surface area contributed by atoms with Gasteiger partial charge in [0.05, 0.1) is 0 Å². The van der Waals surface area contributed by atoms with Crippen molar-refractivity contribution in [3.8, 4) is 0 Å². The Labute approximate surface area is 112 Å². The van der Waals surface area contributed by atoms with Gasteiger partial charge >= 0.3 is 0 Å². The Balaban J connectivity index is 1.62. The minimum absolute atomic E-state index is 0.312. The van der Waals surface area contributed by atoms with Crippen LogP contribution in [0.1, 0.15) is 83.5 Å². The second kappa shape index (κ2) is 7.81. The lowest BCUT2D eigenvalue weighted by molar-refractivity contribution is -0.122. The summed E-state index contributed by atoms with van der Waals surface area (Å²) >= 11 is 0. The van der Waals surface area contributed by atoms with Crippen LogP contribution in [0.2, 0.25) is 0 Å². The lowest BCUT2D eigenvalue weighted by atomic mass is 9.96. The third-order valence-electron chi connectivity index (χ3n) is 4.72. The highest BCUT2D eigenvalue weighted by Crippen LogP contribution is 2.28. The fourth-order valence-electron chi connectivity index (χ4n) is 3.53. The monoisotopic (exact) mass is 251 g/mol. The Morgan fingerprint density at radius 2 is 1.39 bits per heavy atom. The van der Waals surface area contributed by atoms with E-state index in [4.69, 9.17) is 0 Å². The highest BCUT2D eigenvalue weighted by molar-refractivity contribution is 5.76. The first kappa shape index (κ1) is 13.9. The predicted octanol–water partition coefficient (Wildman–Crippen LogP) is 4.19. The smallest absolute Gasteiger partial charge is 0.220 e. The van der Waals surface area contributed by atoms with E-state index >= 15 is 0 Å². The van der Waals surface area contributed by atoms with Crippen LogP contribution >= 0.6 is 0 Å². The largest absolute Gasteiger partial charge is 0.353 e. The molecule has 2 nitrogen and oxygen atoms in total. The molecule has 0 aliphatic heterocycles. The maximum absolute atomic E-state index is 12.0. The summed E-state index contributed by atoms with van der Waals surface area (Å²) in [6.45, 7) is 0. The van der Waals surface area contributed by atoms with E-state index in [0.29, 0.717) is 11.9 Å². The molecular formula is C16H29NO. The fourth-order valence-corrected chi connectivity index (χ4v) is 3.53. The Hall–Kier alpha value is -0.530. The number of amides is 1. The van der Waals surface area contributed by atoms with E-state index in [-0.39, 0.29) is 0 Å². The average molecular weight is 251 g/mol. The minimum Gasteiger partial charge on any atom is -0.353 e. The van der Waals surface area contributed by atoms with Crippen molar-refractivity contribution in [2.45, 2.75) is 89.5 Å². The molecule has 0 saturated heterocycles. The summed E-state index contributed by atoms with van der Waals surface area (Å²) in [5.74, 6) is 1.15. The summed E-state index contributed by atoms with van der Waals surface area (Å²) in [6.07, 6.45) is 16.5. The SMILES string of the molecule is O=C(CCC1CCCC1)NC1CCCCCCC1. The molecule has 2 aliphatic carbocycles. The number of carbonyl (C=O) groups is 1. The summed E-state index contributed by atoms with van der Waals surface area (Å²) in [6, 6.07) is 0.473. The van der Waals surface area contributed by atoms with Crippen LogP contribution in [0.15, 0.2) is 0 Å². The molecule has 0 heterocycles. The zero-order valence-electron chi connectivity index (χ0n) is 11.8. The van der Waals surface area contributed by atoms with Crippen LogP contribution in [0, 0.1) is 5.92 Å². The summed E-state index contributed by atoms with van der Waals surface area (Å²) in [5, 5.41) is 3.27. The van der Waals surface area contributed by atoms with E-state index in [1.54, 1.807) is 0 Å². The summed E-state index contributed by atoms with van der Waals surface area (Å²) in [4.78, 5) is 12.0. The Morgan fingerprint density at radius 1 is 0.833 bits per heavy atom. The lowest BCUT2D eigenvalue weighted by Gasteiger charge is -2.21. The molecule has 1 amide bonds. The molecule has 0 aromatic carbocycles. The van der Waals surface area contributed by atoms with E-state index in [9.17, 15) is 4.79 Å². The maximum atomic E-state index is 12.0. The molecule has 1 N–H and O–H groups in total. The molecule has 0 aromatic heterocycles. The van der Waals surface area contributed by atoms with Gasteiger partial charge in [-0.25, -0.2) is 0 Å². The number of hydrogen-bond donors (Lipinski definition) is 1. The normalized spacial score (nSPS) is 23.6. The summed E-state index contributed by atoms with van der Waals surface area (Å²) < 4.78 is 0. The van der Waals surface area contributed by atoms with Gasteiger partial charge in [-0.05, 0) is 25.2 Å². The number of rotatable bonds is 4. The predicted molar refractivity (Wildman–Crippen MR) is 75.4 cm³/mol. The third-order valence-corrected chi connectivity index (χ3v) is 4.72. The molecule has 0 radical (unpaired) electrons. The highest BCUT2D eigenvalue weighted by atomic mass is 16.1. The van der Waals surface area contributed by atoms with Gasteiger partial charge in [0.2, 0.25) is 5.91 Å².